The summed E-state index contributed by atoms with van der Waals surface area (Å²) in [5.41, 5.74) is 11.1. The summed E-state index contributed by atoms with van der Waals surface area (Å²) < 4.78 is 0. The number of pyridine rings is 1. The number of hydrogen-bond donors (Lipinski definition) is 1. The maximum atomic E-state index is 6.41. The van der Waals surface area contributed by atoms with Gasteiger partial charge in [-0.3, -0.25) is 4.98 Å². The van der Waals surface area contributed by atoms with Gasteiger partial charge in [-0.25, -0.2) is 0 Å². The van der Waals surface area contributed by atoms with Crippen molar-refractivity contribution >= 4 is 39.8 Å². The molecule has 1 aliphatic rings. The largest absolute Gasteiger partial charge is 0.398 e. The van der Waals surface area contributed by atoms with Crippen LogP contribution < -0.4 is 5.73 Å². The van der Waals surface area contributed by atoms with Crippen LogP contribution in [0.4, 0.5) is 5.69 Å². The Morgan fingerprint density at radius 1 is 1.16 bits per heavy atom. The average Bonchev–Trinajstić information content (AvgIpc) is 2.61. The molecule has 100 valence electrons. The molecular weight excluding hydrogens is 279 g/mol. The Labute approximate surface area is 122 Å². The molecule has 1 aromatic heterocycles. The summed E-state index contributed by atoms with van der Waals surface area (Å²) >= 11 is 12.7. The van der Waals surface area contributed by atoms with E-state index in [1.807, 2.05) is 13.0 Å². The lowest BCUT2D eigenvalue weighted by Crippen LogP contribution is -2.04. The lowest BCUT2D eigenvalue weighted by atomic mass is 10.0. The SMILES string of the molecule is Cc1cc(Cl)c2nc3c(c(N)c2c1Cl)CCCCC3. The third kappa shape index (κ3) is 2.07. The zero-order valence-corrected chi connectivity index (χ0v) is 12.4. The highest BCUT2D eigenvalue weighted by atomic mass is 35.5. The minimum atomic E-state index is 0.635. The smallest absolute Gasteiger partial charge is 0.0927 e. The second kappa shape index (κ2) is 4.84. The van der Waals surface area contributed by atoms with Gasteiger partial charge in [0.05, 0.1) is 15.6 Å². The van der Waals surface area contributed by atoms with E-state index < -0.39 is 0 Å². The number of anilines is 1. The van der Waals surface area contributed by atoms with E-state index in [-0.39, 0.29) is 0 Å². The van der Waals surface area contributed by atoms with Gasteiger partial charge < -0.3 is 5.73 Å². The molecule has 3 rings (SSSR count). The van der Waals surface area contributed by atoms with Crippen LogP contribution in [0.25, 0.3) is 10.9 Å². The highest BCUT2D eigenvalue weighted by Gasteiger charge is 2.19. The van der Waals surface area contributed by atoms with E-state index in [1.54, 1.807) is 0 Å². The Morgan fingerprint density at radius 2 is 1.89 bits per heavy atom. The van der Waals surface area contributed by atoms with Crippen LogP contribution in [0.15, 0.2) is 6.07 Å². The van der Waals surface area contributed by atoms with Gasteiger partial charge in [0, 0.05) is 16.8 Å². The molecule has 0 fully saturated rings. The van der Waals surface area contributed by atoms with Crippen molar-refractivity contribution in [1.82, 2.24) is 4.98 Å². The second-order valence-electron chi connectivity index (χ2n) is 5.22. The van der Waals surface area contributed by atoms with Crippen molar-refractivity contribution in [2.24, 2.45) is 0 Å². The summed E-state index contributed by atoms with van der Waals surface area (Å²) in [5, 5.41) is 2.14. The van der Waals surface area contributed by atoms with E-state index in [0.29, 0.717) is 10.0 Å². The molecule has 1 heterocycles. The van der Waals surface area contributed by atoms with Crippen molar-refractivity contribution in [2.75, 3.05) is 5.73 Å². The first-order chi connectivity index (χ1) is 9.09. The Hall–Kier alpha value is -0.990. The van der Waals surface area contributed by atoms with E-state index in [0.717, 1.165) is 40.7 Å². The number of fused-ring (bicyclic) bond motifs is 2. The maximum Gasteiger partial charge on any atom is 0.0927 e. The fourth-order valence-electron chi connectivity index (χ4n) is 2.86. The van der Waals surface area contributed by atoms with Crippen molar-refractivity contribution in [3.63, 3.8) is 0 Å². The number of aryl methyl sites for hydroxylation is 2. The molecule has 0 unspecified atom stereocenters. The van der Waals surface area contributed by atoms with Crippen LogP contribution in [0.1, 0.15) is 36.1 Å². The lowest BCUT2D eigenvalue weighted by Gasteiger charge is -2.15. The summed E-state index contributed by atoms with van der Waals surface area (Å²) in [7, 11) is 0. The Bertz CT molecular complexity index is 665. The van der Waals surface area contributed by atoms with Gasteiger partial charge in [-0.1, -0.05) is 29.6 Å². The zero-order valence-electron chi connectivity index (χ0n) is 10.9. The summed E-state index contributed by atoms with van der Waals surface area (Å²) in [6.45, 7) is 1.94. The Morgan fingerprint density at radius 3 is 2.68 bits per heavy atom. The quantitative estimate of drug-likeness (QED) is 0.715. The standard InChI is InChI=1S/C15H16Cl2N2/c1-8-7-10(16)15-12(13(8)17)14(18)9-5-3-2-4-6-11(9)19-15/h7H,2-6H2,1H3,(H2,18,19). The molecule has 0 radical (unpaired) electrons. The van der Waals surface area contributed by atoms with Gasteiger partial charge in [0.2, 0.25) is 0 Å². The summed E-state index contributed by atoms with van der Waals surface area (Å²) in [6, 6.07) is 1.86. The van der Waals surface area contributed by atoms with Crippen LogP contribution in [-0.4, -0.2) is 4.98 Å². The fraction of sp³-hybridized carbons (Fsp3) is 0.400. The van der Waals surface area contributed by atoms with Crippen molar-refractivity contribution < 1.29 is 0 Å². The van der Waals surface area contributed by atoms with Crippen LogP contribution in [0.5, 0.6) is 0 Å². The Balaban J connectivity index is 2.41. The predicted molar refractivity (Wildman–Crippen MR) is 82.2 cm³/mol. The molecule has 0 saturated heterocycles. The molecule has 1 aromatic carbocycles. The zero-order chi connectivity index (χ0) is 13.6. The minimum absolute atomic E-state index is 0.635. The molecule has 2 nitrogen and oxygen atoms in total. The van der Waals surface area contributed by atoms with Gasteiger partial charge in [0.15, 0.2) is 0 Å². The van der Waals surface area contributed by atoms with Crippen LogP contribution in [0.2, 0.25) is 10.0 Å². The van der Waals surface area contributed by atoms with Crippen molar-refractivity contribution in [3.05, 3.63) is 32.9 Å². The van der Waals surface area contributed by atoms with E-state index >= 15 is 0 Å². The molecule has 0 aliphatic heterocycles. The molecule has 0 amide bonds. The fourth-order valence-corrected chi connectivity index (χ4v) is 3.41. The summed E-state index contributed by atoms with van der Waals surface area (Å²) in [4.78, 5) is 4.74. The highest BCUT2D eigenvalue weighted by molar-refractivity contribution is 6.41. The molecule has 0 bridgehead atoms. The van der Waals surface area contributed by atoms with Gasteiger partial charge in [0.25, 0.3) is 0 Å². The van der Waals surface area contributed by atoms with Crippen molar-refractivity contribution in [2.45, 2.75) is 39.0 Å². The average molecular weight is 295 g/mol. The molecule has 0 atom stereocenters. The molecule has 4 heteroatoms. The lowest BCUT2D eigenvalue weighted by molar-refractivity contribution is 0.709. The van der Waals surface area contributed by atoms with Crippen LogP contribution in [-0.2, 0) is 12.8 Å². The molecule has 2 N–H and O–H groups in total. The third-order valence-electron chi connectivity index (χ3n) is 3.90. The van der Waals surface area contributed by atoms with Gasteiger partial charge in [-0.2, -0.15) is 0 Å². The number of nitrogen functional groups attached to an aromatic ring is 1. The van der Waals surface area contributed by atoms with Crippen molar-refractivity contribution in [1.29, 1.82) is 0 Å². The molecule has 2 aromatic rings. The molecule has 19 heavy (non-hydrogen) atoms. The predicted octanol–water partition coefficient (Wildman–Crippen LogP) is 4.70. The van der Waals surface area contributed by atoms with Gasteiger partial charge in [-0.05, 0) is 49.8 Å². The van der Waals surface area contributed by atoms with Crippen LogP contribution in [0, 0.1) is 6.92 Å². The van der Waals surface area contributed by atoms with Gasteiger partial charge >= 0.3 is 0 Å². The normalized spacial score (nSPS) is 15.3. The monoisotopic (exact) mass is 294 g/mol. The summed E-state index contributed by atoms with van der Waals surface area (Å²) in [5.74, 6) is 0. The van der Waals surface area contributed by atoms with E-state index in [9.17, 15) is 0 Å². The summed E-state index contributed by atoms with van der Waals surface area (Å²) in [6.07, 6.45) is 5.54. The number of halogens is 2. The number of nitrogens with zero attached hydrogens (tertiary/aromatic N) is 1. The number of nitrogens with two attached hydrogens (primary N) is 1. The van der Waals surface area contributed by atoms with E-state index in [2.05, 4.69) is 0 Å². The van der Waals surface area contributed by atoms with E-state index in [4.69, 9.17) is 33.9 Å². The van der Waals surface area contributed by atoms with Gasteiger partial charge in [0.1, 0.15) is 0 Å². The maximum absolute atomic E-state index is 6.41. The first-order valence-electron chi connectivity index (χ1n) is 6.65. The first-order valence-corrected chi connectivity index (χ1v) is 7.40. The molecule has 0 spiro atoms. The Kier molecular flexibility index (Phi) is 3.32. The number of benzene rings is 1. The van der Waals surface area contributed by atoms with E-state index in [1.165, 1.54) is 24.8 Å². The number of rotatable bonds is 0. The topological polar surface area (TPSA) is 38.9 Å². The first kappa shape index (κ1) is 13.0. The third-order valence-corrected chi connectivity index (χ3v) is 4.68. The molecular formula is C15H16Cl2N2. The molecule has 0 saturated carbocycles. The molecule has 1 aliphatic carbocycles. The van der Waals surface area contributed by atoms with Crippen molar-refractivity contribution in [3.8, 4) is 0 Å². The van der Waals surface area contributed by atoms with Crippen LogP contribution >= 0.6 is 23.2 Å². The number of hydrogen-bond acceptors (Lipinski definition) is 2. The van der Waals surface area contributed by atoms with Gasteiger partial charge in [-0.15, -0.1) is 0 Å². The minimum Gasteiger partial charge on any atom is -0.398 e. The number of aromatic nitrogens is 1. The second-order valence-corrected chi connectivity index (χ2v) is 6.01. The van der Waals surface area contributed by atoms with Crippen LogP contribution in [0.3, 0.4) is 0 Å². The highest BCUT2D eigenvalue weighted by Crippen LogP contribution is 2.39.